The summed E-state index contributed by atoms with van der Waals surface area (Å²) < 4.78 is 5.82. The van der Waals surface area contributed by atoms with Crippen molar-refractivity contribution in [2.45, 2.75) is 25.9 Å². The number of hydrogen-bond donors (Lipinski definition) is 0. The van der Waals surface area contributed by atoms with Crippen LogP contribution in [0.2, 0.25) is 0 Å². The van der Waals surface area contributed by atoms with Gasteiger partial charge in [0.15, 0.2) is 0 Å². The molecule has 17 heavy (non-hydrogen) atoms. The Balaban J connectivity index is 1.65. The van der Waals surface area contributed by atoms with E-state index in [1.165, 1.54) is 19.4 Å². The standard InChI is InChI=1S/C13H19N3O/c1-10-14-5-4-12(15-10)13-9-16(6-7-17-13)8-11-2-3-11/h4-5,11,13H,2-3,6-9H2,1H3. The molecule has 1 atom stereocenters. The molecular weight excluding hydrogens is 214 g/mol. The molecule has 4 heteroatoms. The lowest BCUT2D eigenvalue weighted by Crippen LogP contribution is -2.39. The molecule has 2 aliphatic rings. The van der Waals surface area contributed by atoms with Crippen LogP contribution in [0.4, 0.5) is 0 Å². The van der Waals surface area contributed by atoms with Crippen LogP contribution in [-0.4, -0.2) is 41.1 Å². The first-order valence-electron chi connectivity index (χ1n) is 6.45. The van der Waals surface area contributed by atoms with Gasteiger partial charge in [-0.1, -0.05) is 0 Å². The maximum Gasteiger partial charge on any atom is 0.125 e. The normalized spacial score (nSPS) is 26.1. The Kier molecular flexibility index (Phi) is 3.07. The summed E-state index contributed by atoms with van der Waals surface area (Å²) in [6.07, 6.45) is 4.77. The van der Waals surface area contributed by atoms with Crippen LogP contribution in [0.25, 0.3) is 0 Å². The average molecular weight is 233 g/mol. The number of nitrogens with zero attached hydrogens (tertiary/aromatic N) is 3. The number of rotatable bonds is 3. The third kappa shape index (κ3) is 2.82. The molecule has 1 aromatic heterocycles. The summed E-state index contributed by atoms with van der Waals surface area (Å²) in [5.41, 5.74) is 1.03. The van der Waals surface area contributed by atoms with Gasteiger partial charge in [-0.3, -0.25) is 4.90 Å². The van der Waals surface area contributed by atoms with E-state index in [4.69, 9.17) is 4.74 Å². The average Bonchev–Trinajstić information content (AvgIpc) is 3.13. The predicted molar refractivity (Wildman–Crippen MR) is 64.6 cm³/mol. The molecule has 0 aromatic carbocycles. The van der Waals surface area contributed by atoms with E-state index in [9.17, 15) is 0 Å². The summed E-state index contributed by atoms with van der Waals surface area (Å²) in [5, 5.41) is 0. The number of morpholine rings is 1. The summed E-state index contributed by atoms with van der Waals surface area (Å²) in [6, 6.07) is 1.97. The highest BCUT2D eigenvalue weighted by Crippen LogP contribution is 2.31. The number of ether oxygens (including phenoxy) is 1. The predicted octanol–water partition coefficient (Wildman–Crippen LogP) is 1.57. The molecule has 0 spiro atoms. The third-order valence-corrected chi connectivity index (χ3v) is 3.49. The second-order valence-electron chi connectivity index (χ2n) is 5.09. The van der Waals surface area contributed by atoms with Crippen molar-refractivity contribution in [1.82, 2.24) is 14.9 Å². The van der Waals surface area contributed by atoms with E-state index in [-0.39, 0.29) is 6.10 Å². The highest BCUT2D eigenvalue weighted by Gasteiger charge is 2.28. The van der Waals surface area contributed by atoms with Gasteiger partial charge in [-0.05, 0) is 31.7 Å². The molecule has 1 aromatic rings. The second kappa shape index (κ2) is 4.70. The molecule has 2 fully saturated rings. The van der Waals surface area contributed by atoms with Crippen molar-refractivity contribution in [2.24, 2.45) is 5.92 Å². The molecule has 1 aliphatic carbocycles. The van der Waals surface area contributed by atoms with Crippen LogP contribution in [0.5, 0.6) is 0 Å². The zero-order chi connectivity index (χ0) is 11.7. The monoisotopic (exact) mass is 233 g/mol. The molecule has 1 aliphatic heterocycles. The summed E-state index contributed by atoms with van der Waals surface area (Å²) in [6.45, 7) is 6.03. The van der Waals surface area contributed by atoms with Gasteiger partial charge in [0.2, 0.25) is 0 Å². The summed E-state index contributed by atoms with van der Waals surface area (Å²) >= 11 is 0. The molecule has 0 radical (unpaired) electrons. The van der Waals surface area contributed by atoms with Gasteiger partial charge in [0.1, 0.15) is 11.9 Å². The molecule has 0 N–H and O–H groups in total. The Labute approximate surface area is 102 Å². The Hall–Kier alpha value is -1.00. The van der Waals surface area contributed by atoms with Crippen molar-refractivity contribution in [3.63, 3.8) is 0 Å². The van der Waals surface area contributed by atoms with Gasteiger partial charge in [-0.2, -0.15) is 0 Å². The van der Waals surface area contributed by atoms with Gasteiger partial charge in [0.05, 0.1) is 12.3 Å². The maximum absolute atomic E-state index is 5.82. The first kappa shape index (κ1) is 11.1. The summed E-state index contributed by atoms with van der Waals surface area (Å²) in [7, 11) is 0. The summed E-state index contributed by atoms with van der Waals surface area (Å²) in [4.78, 5) is 11.1. The fourth-order valence-electron chi connectivity index (χ4n) is 2.37. The minimum Gasteiger partial charge on any atom is -0.369 e. The number of hydrogen-bond acceptors (Lipinski definition) is 4. The lowest BCUT2D eigenvalue weighted by Gasteiger charge is -2.32. The van der Waals surface area contributed by atoms with Crippen molar-refractivity contribution < 1.29 is 4.74 Å². The molecular formula is C13H19N3O. The SMILES string of the molecule is Cc1nccc(C2CN(CC3CC3)CCO2)n1. The van der Waals surface area contributed by atoms with Gasteiger partial charge in [-0.15, -0.1) is 0 Å². The quantitative estimate of drug-likeness (QED) is 0.794. The first-order chi connectivity index (χ1) is 8.31. The van der Waals surface area contributed by atoms with Gasteiger partial charge in [0, 0.05) is 25.8 Å². The van der Waals surface area contributed by atoms with Crippen LogP contribution in [0.1, 0.15) is 30.5 Å². The molecule has 2 heterocycles. The zero-order valence-electron chi connectivity index (χ0n) is 10.3. The summed E-state index contributed by atoms with van der Waals surface area (Å²) in [5.74, 6) is 1.77. The van der Waals surface area contributed by atoms with E-state index >= 15 is 0 Å². The number of aryl methyl sites for hydroxylation is 1. The fraction of sp³-hybridized carbons (Fsp3) is 0.692. The zero-order valence-corrected chi connectivity index (χ0v) is 10.3. The molecule has 0 bridgehead atoms. The smallest absolute Gasteiger partial charge is 0.125 e. The van der Waals surface area contributed by atoms with E-state index in [1.54, 1.807) is 0 Å². The molecule has 0 amide bonds. The largest absolute Gasteiger partial charge is 0.369 e. The topological polar surface area (TPSA) is 38.2 Å². The van der Waals surface area contributed by atoms with Crippen LogP contribution >= 0.6 is 0 Å². The third-order valence-electron chi connectivity index (χ3n) is 3.49. The second-order valence-corrected chi connectivity index (χ2v) is 5.09. The van der Waals surface area contributed by atoms with E-state index < -0.39 is 0 Å². The van der Waals surface area contributed by atoms with Crippen LogP contribution in [0, 0.1) is 12.8 Å². The first-order valence-corrected chi connectivity index (χ1v) is 6.45. The van der Waals surface area contributed by atoms with Crippen LogP contribution in [0.3, 0.4) is 0 Å². The van der Waals surface area contributed by atoms with Gasteiger partial charge < -0.3 is 4.74 Å². The van der Waals surface area contributed by atoms with Crippen molar-refractivity contribution in [2.75, 3.05) is 26.2 Å². The molecule has 1 unspecified atom stereocenters. The van der Waals surface area contributed by atoms with Gasteiger partial charge >= 0.3 is 0 Å². The Morgan fingerprint density at radius 1 is 1.47 bits per heavy atom. The maximum atomic E-state index is 5.82. The van der Waals surface area contributed by atoms with Gasteiger partial charge in [-0.25, -0.2) is 9.97 Å². The van der Waals surface area contributed by atoms with Crippen molar-refractivity contribution >= 4 is 0 Å². The minimum atomic E-state index is 0.129. The highest BCUT2D eigenvalue weighted by molar-refractivity contribution is 5.07. The van der Waals surface area contributed by atoms with E-state index in [1.807, 2.05) is 19.2 Å². The Morgan fingerprint density at radius 2 is 2.35 bits per heavy atom. The van der Waals surface area contributed by atoms with Gasteiger partial charge in [0.25, 0.3) is 0 Å². The molecule has 1 saturated carbocycles. The number of aromatic nitrogens is 2. The van der Waals surface area contributed by atoms with Crippen molar-refractivity contribution in [1.29, 1.82) is 0 Å². The highest BCUT2D eigenvalue weighted by atomic mass is 16.5. The fourth-order valence-corrected chi connectivity index (χ4v) is 2.37. The Bertz CT molecular complexity index is 392. The molecule has 92 valence electrons. The van der Waals surface area contributed by atoms with Crippen molar-refractivity contribution in [3.8, 4) is 0 Å². The molecule has 4 nitrogen and oxygen atoms in total. The Morgan fingerprint density at radius 3 is 3.12 bits per heavy atom. The lowest BCUT2D eigenvalue weighted by atomic mass is 10.2. The van der Waals surface area contributed by atoms with Crippen LogP contribution in [0.15, 0.2) is 12.3 Å². The minimum absolute atomic E-state index is 0.129. The van der Waals surface area contributed by atoms with Crippen LogP contribution < -0.4 is 0 Å². The molecule has 3 rings (SSSR count). The van der Waals surface area contributed by atoms with E-state index in [0.29, 0.717) is 0 Å². The lowest BCUT2D eigenvalue weighted by molar-refractivity contribution is -0.0335. The van der Waals surface area contributed by atoms with Crippen LogP contribution in [-0.2, 0) is 4.74 Å². The van der Waals surface area contributed by atoms with E-state index in [2.05, 4.69) is 14.9 Å². The molecule has 1 saturated heterocycles. The van der Waals surface area contributed by atoms with Crippen molar-refractivity contribution in [3.05, 3.63) is 23.8 Å². The van der Waals surface area contributed by atoms with E-state index in [0.717, 1.165) is 37.1 Å².